The van der Waals surface area contributed by atoms with Gasteiger partial charge < -0.3 is 21.4 Å². The molecule has 3 aromatic carbocycles. The maximum atomic E-state index is 13.8. The Morgan fingerprint density at radius 2 is 1.88 bits per heavy atom. The summed E-state index contributed by atoms with van der Waals surface area (Å²) < 4.78 is 13.8. The number of anilines is 3. The molecule has 0 bridgehead atoms. The van der Waals surface area contributed by atoms with Crippen molar-refractivity contribution in [3.8, 4) is 6.07 Å². The first-order valence-electron chi connectivity index (χ1n) is 14.0. The van der Waals surface area contributed by atoms with Crippen LogP contribution < -0.4 is 26.9 Å². The summed E-state index contributed by atoms with van der Waals surface area (Å²) in [4.78, 5) is 4.46. The number of fused-ring (bicyclic) bond motifs is 1. The van der Waals surface area contributed by atoms with Crippen LogP contribution in [0.15, 0.2) is 78.8 Å². The Labute approximate surface area is 259 Å². The summed E-state index contributed by atoms with van der Waals surface area (Å²) in [6, 6.07) is 20.5. The molecule has 2 unspecified atom stereocenters. The van der Waals surface area contributed by atoms with E-state index in [9.17, 15) is 9.65 Å². The predicted octanol–water partition coefficient (Wildman–Crippen LogP) is 7.15. The fraction of sp³-hybridized carbons (Fsp3) is 0.250. The maximum Gasteiger partial charge on any atom is 0.141 e. The van der Waals surface area contributed by atoms with Crippen LogP contribution in [0.3, 0.4) is 0 Å². The molecule has 0 saturated carbocycles. The molecule has 0 aliphatic carbocycles. The molecule has 0 radical (unpaired) electrons. The van der Waals surface area contributed by atoms with Crippen molar-refractivity contribution in [2.75, 3.05) is 17.2 Å². The second-order valence-corrected chi connectivity index (χ2v) is 12.3. The number of benzene rings is 3. The van der Waals surface area contributed by atoms with Crippen LogP contribution in [0.2, 0.25) is 10.0 Å². The lowest BCUT2D eigenvalue weighted by atomic mass is 9.89. The quantitative estimate of drug-likeness (QED) is 0.149. The molecule has 0 spiro atoms. The van der Waals surface area contributed by atoms with Gasteiger partial charge in [-0.3, -0.25) is 9.99 Å². The number of nitrogens with zero attached hydrogens (tertiary/aromatic N) is 3. The number of hydrazine groups is 2. The first-order valence-corrected chi connectivity index (χ1v) is 14.8. The van der Waals surface area contributed by atoms with E-state index in [1.807, 2.05) is 30.3 Å². The van der Waals surface area contributed by atoms with Crippen LogP contribution in [0.5, 0.6) is 0 Å². The van der Waals surface area contributed by atoms with Gasteiger partial charge in [0.15, 0.2) is 0 Å². The first kappa shape index (κ1) is 29.0. The molecule has 4 aromatic rings. The van der Waals surface area contributed by atoms with Crippen LogP contribution in [-0.2, 0) is 0 Å². The van der Waals surface area contributed by atoms with Crippen LogP contribution in [0.25, 0.3) is 10.9 Å². The fourth-order valence-electron chi connectivity index (χ4n) is 5.70. The van der Waals surface area contributed by atoms with E-state index in [0.29, 0.717) is 38.9 Å². The van der Waals surface area contributed by atoms with E-state index >= 15 is 0 Å². The Hall–Kier alpha value is -4.07. The minimum Gasteiger partial charge on any atom is -0.373 e. The van der Waals surface area contributed by atoms with Gasteiger partial charge >= 0.3 is 0 Å². The zero-order valence-corrected chi connectivity index (χ0v) is 25.2. The van der Waals surface area contributed by atoms with Crippen molar-refractivity contribution in [1.29, 1.82) is 5.26 Å². The topological polar surface area (TPSA) is 100 Å². The lowest BCUT2D eigenvalue weighted by Crippen LogP contribution is -2.54. The second kappa shape index (κ2) is 11.9. The minimum absolute atomic E-state index is 0.0268. The molecule has 8 nitrogen and oxygen atoms in total. The molecule has 43 heavy (non-hydrogen) atoms. The second-order valence-electron chi connectivity index (χ2n) is 11.4. The molecule has 5 N–H and O–H groups in total. The van der Waals surface area contributed by atoms with Gasteiger partial charge in [-0.2, -0.15) is 5.26 Å². The summed E-state index contributed by atoms with van der Waals surface area (Å²) in [5, 5.41) is 23.5. The molecule has 1 saturated heterocycles. The summed E-state index contributed by atoms with van der Waals surface area (Å²) in [6.45, 7) is 5.41. The Morgan fingerprint density at radius 3 is 2.63 bits per heavy atom. The van der Waals surface area contributed by atoms with E-state index in [0.717, 1.165) is 36.3 Å². The molecule has 2 atom stereocenters. The molecule has 220 valence electrons. The van der Waals surface area contributed by atoms with E-state index in [4.69, 9.17) is 23.2 Å². The fourth-order valence-corrected chi connectivity index (χ4v) is 6.15. The molecular formula is C32H31Cl2FN8. The monoisotopic (exact) mass is 616 g/mol. The predicted molar refractivity (Wildman–Crippen MR) is 170 cm³/mol. The number of hydrogen-bond donors (Lipinski definition) is 5. The maximum absolute atomic E-state index is 13.8. The van der Waals surface area contributed by atoms with Gasteiger partial charge in [-0.05, 0) is 69.1 Å². The highest BCUT2D eigenvalue weighted by Crippen LogP contribution is 2.37. The number of rotatable bonds is 7. The number of halogens is 3. The Balaban J connectivity index is 1.37. The molecule has 1 aromatic heterocycles. The summed E-state index contributed by atoms with van der Waals surface area (Å²) in [7, 11) is 0. The standard InChI is InChI=1S/C32H31Cl2FN8/c1-32(2)15-23(10-11-38-32)43-18-28(41-42-43)30(19-6-4-3-5-7-19)40-22-12-24-29(39-21-8-9-27(35)25(33)13-21)20(16-36)17-37-31(24)26(34)14-22/h3-9,12-14,17-18,23,30,38,40-42H,10-11,15H2,1-2H3,(H,37,39). The number of nitrogens with one attached hydrogen (secondary N) is 5. The zero-order chi connectivity index (χ0) is 30.1. The molecule has 2 aliphatic rings. The summed E-state index contributed by atoms with van der Waals surface area (Å²) >= 11 is 12.8. The van der Waals surface area contributed by atoms with Gasteiger partial charge in [0, 0.05) is 40.7 Å². The van der Waals surface area contributed by atoms with Gasteiger partial charge in [-0.25, -0.2) is 4.39 Å². The average molecular weight is 618 g/mol. The SMILES string of the molecule is CC1(C)CC(N2C=C(C(Nc3cc(Cl)c4ncc(C#N)c(Nc5ccc(F)c(Cl)c5)c4c3)c3ccccc3)NN2)CCN1. The van der Waals surface area contributed by atoms with E-state index in [1.165, 1.54) is 18.3 Å². The number of aromatic nitrogens is 1. The summed E-state index contributed by atoms with van der Waals surface area (Å²) in [5.41, 5.74) is 11.4. The van der Waals surface area contributed by atoms with Crippen LogP contribution in [0, 0.1) is 17.1 Å². The highest BCUT2D eigenvalue weighted by Gasteiger charge is 2.33. The molecule has 3 heterocycles. The third kappa shape index (κ3) is 6.19. The third-order valence-corrected chi connectivity index (χ3v) is 8.39. The molecule has 0 amide bonds. The van der Waals surface area contributed by atoms with Crippen molar-refractivity contribution >= 4 is 51.2 Å². The lowest BCUT2D eigenvalue weighted by molar-refractivity contribution is 0.120. The van der Waals surface area contributed by atoms with Crippen molar-refractivity contribution in [2.24, 2.45) is 0 Å². The van der Waals surface area contributed by atoms with E-state index in [-0.39, 0.29) is 16.6 Å². The molecule has 6 rings (SSSR count). The van der Waals surface area contributed by atoms with Crippen LogP contribution in [-0.4, -0.2) is 28.1 Å². The first-order chi connectivity index (χ1) is 20.7. The van der Waals surface area contributed by atoms with Crippen molar-refractivity contribution in [1.82, 2.24) is 26.3 Å². The zero-order valence-electron chi connectivity index (χ0n) is 23.7. The average Bonchev–Trinajstić information content (AvgIpc) is 3.48. The van der Waals surface area contributed by atoms with Crippen molar-refractivity contribution < 1.29 is 4.39 Å². The Kier molecular flexibility index (Phi) is 8.03. The molecule has 2 aliphatic heterocycles. The van der Waals surface area contributed by atoms with Gasteiger partial charge in [-0.15, -0.1) is 5.53 Å². The normalized spacial score (nSPS) is 18.5. The highest BCUT2D eigenvalue weighted by molar-refractivity contribution is 6.36. The third-order valence-electron chi connectivity index (χ3n) is 7.82. The largest absolute Gasteiger partial charge is 0.373 e. The molecular weight excluding hydrogens is 586 g/mol. The smallest absolute Gasteiger partial charge is 0.141 e. The minimum atomic E-state index is -0.527. The van der Waals surface area contributed by atoms with E-state index < -0.39 is 5.82 Å². The van der Waals surface area contributed by atoms with Crippen molar-refractivity contribution in [3.05, 3.63) is 106 Å². The lowest BCUT2D eigenvalue weighted by Gasteiger charge is -2.40. The molecule has 1 fully saturated rings. The van der Waals surface area contributed by atoms with Gasteiger partial charge in [0.25, 0.3) is 0 Å². The van der Waals surface area contributed by atoms with Crippen molar-refractivity contribution in [2.45, 2.75) is 44.3 Å². The number of nitriles is 1. The summed E-state index contributed by atoms with van der Waals surface area (Å²) in [5.74, 6) is -0.527. The number of piperidine rings is 1. The highest BCUT2D eigenvalue weighted by atomic mass is 35.5. The number of pyridine rings is 1. The van der Waals surface area contributed by atoms with Crippen molar-refractivity contribution in [3.63, 3.8) is 0 Å². The van der Waals surface area contributed by atoms with Crippen LogP contribution in [0.4, 0.5) is 21.5 Å². The van der Waals surface area contributed by atoms with E-state index in [1.54, 1.807) is 6.07 Å². The number of hydrogen-bond acceptors (Lipinski definition) is 8. The van der Waals surface area contributed by atoms with Gasteiger partial charge in [0.2, 0.25) is 0 Å². The van der Waals surface area contributed by atoms with Gasteiger partial charge in [0.1, 0.15) is 11.9 Å². The summed E-state index contributed by atoms with van der Waals surface area (Å²) in [6.07, 6.45) is 5.62. The Morgan fingerprint density at radius 1 is 1.09 bits per heavy atom. The van der Waals surface area contributed by atoms with Crippen LogP contribution in [0.1, 0.15) is 43.9 Å². The van der Waals surface area contributed by atoms with Gasteiger partial charge in [0.05, 0.1) is 38.6 Å². The molecule has 11 heteroatoms. The van der Waals surface area contributed by atoms with Gasteiger partial charge in [-0.1, -0.05) is 53.5 Å². The van der Waals surface area contributed by atoms with E-state index in [2.05, 4.69) is 75.2 Å². The Bertz CT molecular complexity index is 1740. The van der Waals surface area contributed by atoms with Crippen LogP contribution >= 0.6 is 23.2 Å².